The molecule has 0 unspecified atom stereocenters. The lowest BCUT2D eigenvalue weighted by atomic mass is 10.1. The summed E-state index contributed by atoms with van der Waals surface area (Å²) in [7, 11) is 0. The van der Waals surface area contributed by atoms with Gasteiger partial charge in [0.25, 0.3) is 5.91 Å². The number of amides is 1. The molecule has 1 saturated heterocycles. The zero-order chi connectivity index (χ0) is 22.1. The summed E-state index contributed by atoms with van der Waals surface area (Å²) in [5.41, 5.74) is 3.64. The monoisotopic (exact) mass is 477 g/mol. The summed E-state index contributed by atoms with van der Waals surface area (Å²) in [6, 6.07) is 23.1. The molecule has 0 bridgehead atoms. The van der Waals surface area contributed by atoms with Crippen molar-refractivity contribution < 1.29 is 4.79 Å². The highest BCUT2D eigenvalue weighted by molar-refractivity contribution is 8.18. The Morgan fingerprint density at radius 2 is 1.66 bits per heavy atom. The highest BCUT2D eigenvalue weighted by atomic mass is 35.5. The van der Waals surface area contributed by atoms with Crippen LogP contribution in [0.3, 0.4) is 0 Å². The third kappa shape index (κ3) is 4.19. The number of aromatic nitrogens is 1. The van der Waals surface area contributed by atoms with Gasteiger partial charge in [0.2, 0.25) is 0 Å². The standard InChI is InChI=1S/C25H17Cl2N3OS/c26-20-10-6-11-21(27)19(20)15-30-14-16(18-9-4-5-12-22(18)30)13-23-24(31)29-25(32-23)28-17-7-2-1-3-8-17/h1-14H,15H2,(H,28,29,31)/b23-13-. The van der Waals surface area contributed by atoms with Crippen molar-refractivity contribution in [3.8, 4) is 0 Å². The van der Waals surface area contributed by atoms with Crippen molar-refractivity contribution in [3.63, 3.8) is 0 Å². The SMILES string of the molecule is O=C1NC(=Nc2ccccc2)S/C1=C\c1cn(Cc2c(Cl)cccc2Cl)c2ccccc12. The highest BCUT2D eigenvalue weighted by Crippen LogP contribution is 2.32. The number of nitrogens with one attached hydrogen (secondary N) is 1. The number of para-hydroxylation sites is 2. The minimum absolute atomic E-state index is 0.157. The first kappa shape index (κ1) is 20.9. The fraction of sp³-hybridized carbons (Fsp3) is 0.0400. The van der Waals surface area contributed by atoms with Crippen molar-refractivity contribution in [2.45, 2.75) is 6.54 Å². The lowest BCUT2D eigenvalue weighted by Gasteiger charge is -2.09. The molecule has 0 spiro atoms. The normalized spacial score (nSPS) is 16.2. The molecule has 1 fully saturated rings. The molecule has 1 aromatic heterocycles. The first-order chi connectivity index (χ1) is 15.6. The number of hydrogen-bond acceptors (Lipinski definition) is 3. The lowest BCUT2D eigenvalue weighted by Crippen LogP contribution is -2.19. The van der Waals surface area contributed by atoms with Crippen LogP contribution in [0.4, 0.5) is 5.69 Å². The summed E-state index contributed by atoms with van der Waals surface area (Å²) < 4.78 is 2.10. The van der Waals surface area contributed by atoms with E-state index in [4.69, 9.17) is 23.2 Å². The molecule has 4 aromatic rings. The predicted molar refractivity (Wildman–Crippen MR) is 135 cm³/mol. The van der Waals surface area contributed by atoms with Crippen LogP contribution >= 0.6 is 35.0 Å². The van der Waals surface area contributed by atoms with E-state index >= 15 is 0 Å². The first-order valence-corrected chi connectivity index (χ1v) is 11.5. The number of fused-ring (bicyclic) bond motifs is 1. The van der Waals surface area contributed by atoms with Crippen LogP contribution in [0.15, 0.2) is 88.9 Å². The molecule has 4 nitrogen and oxygen atoms in total. The number of amidine groups is 1. The van der Waals surface area contributed by atoms with Gasteiger partial charge >= 0.3 is 0 Å². The molecule has 1 amide bonds. The molecular formula is C25H17Cl2N3OS. The summed E-state index contributed by atoms with van der Waals surface area (Å²) >= 11 is 14.1. The van der Waals surface area contributed by atoms with Crippen LogP contribution in [0.2, 0.25) is 10.0 Å². The van der Waals surface area contributed by atoms with Crippen molar-refractivity contribution in [2.24, 2.45) is 4.99 Å². The maximum Gasteiger partial charge on any atom is 0.264 e. The topological polar surface area (TPSA) is 46.4 Å². The molecule has 3 aromatic carbocycles. The largest absolute Gasteiger partial charge is 0.342 e. The van der Waals surface area contributed by atoms with Gasteiger partial charge in [-0.2, -0.15) is 0 Å². The Hall–Kier alpha value is -2.99. The van der Waals surface area contributed by atoms with Gasteiger partial charge in [-0.15, -0.1) is 0 Å². The van der Waals surface area contributed by atoms with Crippen LogP contribution in [0.1, 0.15) is 11.1 Å². The third-order valence-electron chi connectivity index (χ3n) is 5.13. The molecule has 7 heteroatoms. The molecule has 1 aliphatic rings. The average molecular weight is 478 g/mol. The van der Waals surface area contributed by atoms with Gasteiger partial charge in [0, 0.05) is 38.3 Å². The van der Waals surface area contributed by atoms with Gasteiger partial charge in [-0.3, -0.25) is 4.79 Å². The van der Waals surface area contributed by atoms with E-state index in [0.29, 0.717) is 26.7 Å². The molecule has 1 N–H and O–H groups in total. The van der Waals surface area contributed by atoms with Gasteiger partial charge < -0.3 is 9.88 Å². The van der Waals surface area contributed by atoms with Crippen LogP contribution in [0, 0.1) is 0 Å². The number of thioether (sulfide) groups is 1. The van der Waals surface area contributed by atoms with Crippen molar-refractivity contribution in [2.75, 3.05) is 0 Å². The van der Waals surface area contributed by atoms with Crippen LogP contribution < -0.4 is 5.32 Å². The van der Waals surface area contributed by atoms with Crippen LogP contribution in [-0.2, 0) is 11.3 Å². The summed E-state index contributed by atoms with van der Waals surface area (Å²) in [6.07, 6.45) is 3.93. The predicted octanol–water partition coefficient (Wildman–Crippen LogP) is 6.89. The maximum atomic E-state index is 12.6. The Morgan fingerprint density at radius 3 is 2.44 bits per heavy atom. The molecule has 1 aliphatic heterocycles. The van der Waals surface area contributed by atoms with Crippen molar-refractivity contribution in [1.29, 1.82) is 0 Å². The van der Waals surface area contributed by atoms with E-state index in [-0.39, 0.29) is 5.91 Å². The number of carbonyl (C=O) groups is 1. The number of aliphatic imine (C=N–C) groups is 1. The minimum Gasteiger partial charge on any atom is -0.342 e. The summed E-state index contributed by atoms with van der Waals surface area (Å²) in [6.45, 7) is 0.530. The molecule has 0 aliphatic carbocycles. The Labute approximate surface area is 199 Å². The van der Waals surface area contributed by atoms with Crippen LogP contribution in [0.5, 0.6) is 0 Å². The quantitative estimate of drug-likeness (QED) is 0.325. The Kier molecular flexibility index (Phi) is 5.79. The van der Waals surface area contributed by atoms with Crippen molar-refractivity contribution in [1.82, 2.24) is 9.88 Å². The minimum atomic E-state index is -0.157. The molecule has 0 saturated carbocycles. The van der Waals surface area contributed by atoms with Crippen molar-refractivity contribution in [3.05, 3.63) is 105 Å². The summed E-state index contributed by atoms with van der Waals surface area (Å²) in [5, 5.41) is 5.72. The average Bonchev–Trinajstić information content (AvgIpc) is 3.31. The fourth-order valence-corrected chi connectivity index (χ4v) is 4.97. The van der Waals surface area contributed by atoms with E-state index in [1.165, 1.54) is 11.8 Å². The third-order valence-corrected chi connectivity index (χ3v) is 6.75. The van der Waals surface area contributed by atoms with E-state index in [2.05, 4.69) is 14.9 Å². The number of nitrogens with zero attached hydrogens (tertiary/aromatic N) is 2. The van der Waals surface area contributed by atoms with E-state index in [0.717, 1.165) is 27.7 Å². The molecule has 32 heavy (non-hydrogen) atoms. The number of hydrogen-bond donors (Lipinski definition) is 1. The fourth-order valence-electron chi connectivity index (χ4n) is 3.62. The molecule has 0 radical (unpaired) electrons. The number of halogens is 2. The molecule has 0 atom stereocenters. The smallest absolute Gasteiger partial charge is 0.264 e. The summed E-state index contributed by atoms with van der Waals surface area (Å²) in [4.78, 5) is 17.7. The Balaban J connectivity index is 1.51. The first-order valence-electron chi connectivity index (χ1n) is 9.94. The second-order valence-electron chi connectivity index (χ2n) is 7.25. The van der Waals surface area contributed by atoms with Gasteiger partial charge in [-0.25, -0.2) is 4.99 Å². The van der Waals surface area contributed by atoms with Gasteiger partial charge in [0.15, 0.2) is 5.17 Å². The van der Waals surface area contributed by atoms with Crippen molar-refractivity contribution >= 4 is 68.7 Å². The molecule has 158 valence electrons. The van der Waals surface area contributed by atoms with Gasteiger partial charge in [-0.1, -0.05) is 65.7 Å². The highest BCUT2D eigenvalue weighted by Gasteiger charge is 2.24. The molecular weight excluding hydrogens is 461 g/mol. The van der Waals surface area contributed by atoms with Gasteiger partial charge in [0.1, 0.15) is 0 Å². The number of carbonyl (C=O) groups excluding carboxylic acids is 1. The van der Waals surface area contributed by atoms with E-state index in [1.54, 1.807) is 0 Å². The Morgan fingerprint density at radius 1 is 0.938 bits per heavy atom. The van der Waals surface area contributed by atoms with Crippen LogP contribution in [-0.4, -0.2) is 15.6 Å². The zero-order valence-corrected chi connectivity index (χ0v) is 19.1. The zero-order valence-electron chi connectivity index (χ0n) is 16.8. The second kappa shape index (κ2) is 8.87. The van der Waals surface area contributed by atoms with Gasteiger partial charge in [-0.05, 0) is 48.2 Å². The number of rotatable bonds is 4. The van der Waals surface area contributed by atoms with E-state index in [1.807, 2.05) is 85.1 Å². The van der Waals surface area contributed by atoms with E-state index in [9.17, 15) is 4.79 Å². The van der Waals surface area contributed by atoms with Crippen LogP contribution in [0.25, 0.3) is 17.0 Å². The lowest BCUT2D eigenvalue weighted by molar-refractivity contribution is -0.115. The van der Waals surface area contributed by atoms with E-state index < -0.39 is 0 Å². The second-order valence-corrected chi connectivity index (χ2v) is 9.09. The maximum absolute atomic E-state index is 12.6. The Bertz CT molecular complexity index is 1370. The van der Waals surface area contributed by atoms with Gasteiger partial charge in [0.05, 0.1) is 17.1 Å². The molecule has 5 rings (SSSR count). The molecule has 2 heterocycles. The summed E-state index contributed by atoms with van der Waals surface area (Å²) in [5.74, 6) is -0.157. The number of benzene rings is 3.